The summed E-state index contributed by atoms with van der Waals surface area (Å²) in [6.45, 7) is 0.597. The molecule has 2 N–H and O–H groups in total. The Morgan fingerprint density at radius 3 is 2.27 bits per heavy atom. The Balaban J connectivity index is 1.48. The Bertz CT molecular complexity index is 1180. The summed E-state index contributed by atoms with van der Waals surface area (Å²) >= 11 is 0. The van der Waals surface area contributed by atoms with E-state index in [-0.39, 0.29) is 55.9 Å². The van der Waals surface area contributed by atoms with Crippen LogP contribution in [0.5, 0.6) is 0 Å². The summed E-state index contributed by atoms with van der Waals surface area (Å²) in [5, 5.41) is 12.9. The van der Waals surface area contributed by atoms with Gasteiger partial charge < -0.3 is 20.1 Å². The third-order valence-corrected chi connectivity index (χ3v) is 9.02. The molecule has 238 valence electrons. The van der Waals surface area contributed by atoms with Crippen molar-refractivity contribution < 1.29 is 24.2 Å². The number of hydrogen-bond donors (Lipinski definition) is 2. The fourth-order valence-corrected chi connectivity index (χ4v) is 6.52. The van der Waals surface area contributed by atoms with E-state index >= 15 is 0 Å². The molecule has 0 aromatic heterocycles. The number of ether oxygens (including phenoxy) is 1. The monoisotopic (exact) mass is 602 g/mol. The Morgan fingerprint density at radius 2 is 1.57 bits per heavy atom. The summed E-state index contributed by atoms with van der Waals surface area (Å²) in [5.41, 5.74) is 2.10. The van der Waals surface area contributed by atoms with Gasteiger partial charge in [-0.05, 0) is 55.6 Å². The number of carbonyl (C=O) groups is 3. The van der Waals surface area contributed by atoms with Crippen LogP contribution in [-0.2, 0) is 32.1 Å². The SMILES string of the molecule is O=C1N[C@@H](CC2CCCCC2)COC(=O)[C@@H](Cc2ccccc2)CCCC=CC[C@@H]1CC(=O)N(CCO)Cc1ccccc1. The van der Waals surface area contributed by atoms with Crippen LogP contribution in [0.15, 0.2) is 72.8 Å². The quantitative estimate of drug-likeness (QED) is 0.257. The first-order valence-electron chi connectivity index (χ1n) is 16.6. The van der Waals surface area contributed by atoms with Crippen molar-refractivity contribution in [2.75, 3.05) is 19.8 Å². The van der Waals surface area contributed by atoms with E-state index in [0.29, 0.717) is 25.3 Å². The van der Waals surface area contributed by atoms with E-state index in [1.165, 1.54) is 19.3 Å². The number of nitrogens with zero attached hydrogens (tertiary/aromatic N) is 1. The van der Waals surface area contributed by atoms with E-state index in [9.17, 15) is 19.5 Å². The first-order valence-corrected chi connectivity index (χ1v) is 16.6. The normalized spacial score (nSPS) is 22.4. The maximum atomic E-state index is 13.8. The van der Waals surface area contributed by atoms with Gasteiger partial charge >= 0.3 is 5.97 Å². The molecule has 1 aliphatic carbocycles. The summed E-state index contributed by atoms with van der Waals surface area (Å²) in [4.78, 5) is 42.3. The Hall–Kier alpha value is -3.45. The molecule has 2 aromatic rings. The molecule has 1 heterocycles. The number of amides is 2. The molecule has 4 rings (SSSR count). The van der Waals surface area contributed by atoms with E-state index in [0.717, 1.165) is 49.7 Å². The van der Waals surface area contributed by atoms with Gasteiger partial charge in [-0.1, -0.05) is 105 Å². The number of aliphatic hydroxyl groups excluding tert-OH is 1. The molecule has 44 heavy (non-hydrogen) atoms. The molecule has 3 atom stereocenters. The third kappa shape index (κ3) is 11.2. The minimum atomic E-state index is -0.547. The first-order chi connectivity index (χ1) is 21.5. The highest BCUT2D eigenvalue weighted by Gasteiger charge is 2.29. The number of nitrogens with one attached hydrogen (secondary N) is 1. The average Bonchev–Trinajstić information content (AvgIpc) is 3.04. The molecule has 0 spiro atoms. The second-order valence-corrected chi connectivity index (χ2v) is 12.5. The highest BCUT2D eigenvalue weighted by atomic mass is 16.5. The van der Waals surface area contributed by atoms with E-state index in [1.807, 2.05) is 66.7 Å². The number of carbonyl (C=O) groups excluding carboxylic acids is 3. The standard InChI is InChI=1S/C37H50N2O5/c40-23-22-39(27-31-18-10-5-11-19-31)35(41)26-32-20-12-1-2-13-21-33(24-29-14-6-3-7-15-29)37(43)44-28-34(38-36(32)42)25-30-16-8-4-9-17-30/h1,3,5-7,10-12,14-15,18-19,30,32-34,40H,2,4,8-9,13,16-17,20-28H2,(H,38,42)/t32-,33-,34+/m1/s1. The molecule has 0 unspecified atom stereocenters. The molecule has 2 aromatic carbocycles. The zero-order valence-electron chi connectivity index (χ0n) is 26.1. The molecule has 2 aliphatic rings. The smallest absolute Gasteiger partial charge is 0.309 e. The zero-order chi connectivity index (χ0) is 31.0. The fraction of sp³-hybridized carbons (Fsp3) is 0.541. The van der Waals surface area contributed by atoms with Crippen LogP contribution in [0.4, 0.5) is 0 Å². The van der Waals surface area contributed by atoms with Crippen molar-refractivity contribution in [3.63, 3.8) is 0 Å². The van der Waals surface area contributed by atoms with Gasteiger partial charge in [0.25, 0.3) is 0 Å². The average molecular weight is 603 g/mol. The van der Waals surface area contributed by atoms with Crippen LogP contribution >= 0.6 is 0 Å². The Morgan fingerprint density at radius 1 is 0.864 bits per heavy atom. The van der Waals surface area contributed by atoms with Crippen LogP contribution < -0.4 is 5.32 Å². The van der Waals surface area contributed by atoms with Gasteiger partial charge in [-0.3, -0.25) is 14.4 Å². The molecule has 7 heteroatoms. The summed E-state index contributed by atoms with van der Waals surface area (Å²) < 4.78 is 5.95. The van der Waals surface area contributed by atoms with Gasteiger partial charge in [0.05, 0.1) is 24.5 Å². The molecule has 0 saturated heterocycles. The third-order valence-electron chi connectivity index (χ3n) is 9.02. The molecular formula is C37H50N2O5. The summed E-state index contributed by atoms with van der Waals surface area (Å²) in [6.07, 6.45) is 14.2. The fourth-order valence-electron chi connectivity index (χ4n) is 6.52. The minimum Gasteiger partial charge on any atom is -0.463 e. The van der Waals surface area contributed by atoms with Crippen molar-refractivity contribution in [3.05, 3.63) is 83.9 Å². The Kier molecular flexibility index (Phi) is 14.0. The van der Waals surface area contributed by atoms with Gasteiger partial charge in [-0.2, -0.15) is 0 Å². The first kappa shape index (κ1) is 33.4. The van der Waals surface area contributed by atoms with E-state index in [1.54, 1.807) is 4.90 Å². The van der Waals surface area contributed by atoms with Crippen LogP contribution in [0.2, 0.25) is 0 Å². The molecule has 2 amide bonds. The second-order valence-electron chi connectivity index (χ2n) is 12.5. The van der Waals surface area contributed by atoms with Crippen molar-refractivity contribution in [1.82, 2.24) is 10.2 Å². The number of hydrogen-bond acceptors (Lipinski definition) is 5. The van der Waals surface area contributed by atoms with Crippen molar-refractivity contribution in [2.45, 2.75) is 89.6 Å². The van der Waals surface area contributed by atoms with E-state index in [4.69, 9.17) is 4.74 Å². The maximum Gasteiger partial charge on any atom is 0.309 e. The lowest BCUT2D eigenvalue weighted by Gasteiger charge is -2.29. The van der Waals surface area contributed by atoms with Crippen LogP contribution in [0.1, 0.15) is 81.8 Å². The van der Waals surface area contributed by atoms with Gasteiger partial charge in [0.1, 0.15) is 6.61 Å². The number of esters is 1. The topological polar surface area (TPSA) is 95.9 Å². The van der Waals surface area contributed by atoms with Crippen LogP contribution in [0.25, 0.3) is 0 Å². The molecule has 0 bridgehead atoms. The number of rotatable bonds is 10. The zero-order valence-corrected chi connectivity index (χ0v) is 26.1. The van der Waals surface area contributed by atoms with Crippen LogP contribution in [0, 0.1) is 17.8 Å². The second kappa shape index (κ2) is 18.4. The van der Waals surface area contributed by atoms with Crippen LogP contribution in [-0.4, -0.2) is 53.6 Å². The summed E-state index contributed by atoms with van der Waals surface area (Å²) in [6, 6.07) is 19.5. The number of allylic oxidation sites excluding steroid dienone is 2. The minimum absolute atomic E-state index is 0.0537. The highest BCUT2D eigenvalue weighted by Crippen LogP contribution is 2.28. The lowest BCUT2D eigenvalue weighted by Crippen LogP contribution is -2.45. The van der Waals surface area contributed by atoms with Gasteiger partial charge in [0, 0.05) is 19.5 Å². The van der Waals surface area contributed by atoms with Gasteiger partial charge in [0.2, 0.25) is 11.8 Å². The number of benzene rings is 2. The van der Waals surface area contributed by atoms with Crippen molar-refractivity contribution in [3.8, 4) is 0 Å². The highest BCUT2D eigenvalue weighted by molar-refractivity contribution is 5.86. The summed E-state index contributed by atoms with van der Waals surface area (Å²) in [5.74, 6) is -0.831. The van der Waals surface area contributed by atoms with Crippen molar-refractivity contribution in [2.24, 2.45) is 17.8 Å². The van der Waals surface area contributed by atoms with Gasteiger partial charge in [-0.15, -0.1) is 0 Å². The predicted molar refractivity (Wildman–Crippen MR) is 172 cm³/mol. The van der Waals surface area contributed by atoms with Crippen molar-refractivity contribution >= 4 is 17.8 Å². The number of cyclic esters (lactones) is 1. The molecular weight excluding hydrogens is 552 g/mol. The lowest BCUT2D eigenvalue weighted by atomic mass is 9.84. The summed E-state index contributed by atoms with van der Waals surface area (Å²) in [7, 11) is 0. The predicted octanol–water partition coefficient (Wildman–Crippen LogP) is 6.00. The molecule has 1 saturated carbocycles. The van der Waals surface area contributed by atoms with E-state index in [2.05, 4.69) is 11.4 Å². The van der Waals surface area contributed by atoms with Crippen molar-refractivity contribution in [1.29, 1.82) is 0 Å². The molecule has 1 aliphatic heterocycles. The molecule has 7 nitrogen and oxygen atoms in total. The maximum absolute atomic E-state index is 13.8. The van der Waals surface area contributed by atoms with Crippen LogP contribution in [0.3, 0.4) is 0 Å². The largest absolute Gasteiger partial charge is 0.463 e. The number of aliphatic hydroxyl groups is 1. The lowest BCUT2D eigenvalue weighted by molar-refractivity contribution is -0.150. The molecule has 0 radical (unpaired) electrons. The van der Waals surface area contributed by atoms with Gasteiger partial charge in [0.15, 0.2) is 0 Å². The molecule has 1 fully saturated rings. The van der Waals surface area contributed by atoms with Gasteiger partial charge in [-0.25, -0.2) is 0 Å². The Labute approximate surface area is 263 Å². The van der Waals surface area contributed by atoms with E-state index < -0.39 is 5.92 Å².